The minimum absolute atomic E-state index is 0.434. The molecule has 4 rings (SSSR count). The predicted octanol–water partition coefficient (Wildman–Crippen LogP) is 4.01. The number of nitrogens with one attached hydrogen (secondary N) is 1. The van der Waals surface area contributed by atoms with Gasteiger partial charge in [0.05, 0.1) is 0 Å². The highest BCUT2D eigenvalue weighted by Crippen LogP contribution is 2.35. The van der Waals surface area contributed by atoms with Gasteiger partial charge in [0.2, 0.25) is 0 Å². The van der Waals surface area contributed by atoms with Gasteiger partial charge >= 0.3 is 0 Å². The first kappa shape index (κ1) is 14.1. The lowest BCUT2D eigenvalue weighted by Gasteiger charge is -2.30. The first-order chi connectivity index (χ1) is 10.7. The van der Waals surface area contributed by atoms with Gasteiger partial charge in [0.25, 0.3) is 6.01 Å². The number of hydrogen-bond donors (Lipinski definition) is 1. The second kappa shape index (κ2) is 5.57. The number of oxazole rings is 1. The third kappa shape index (κ3) is 2.49. The quantitative estimate of drug-likeness (QED) is 0.769. The van der Waals surface area contributed by atoms with E-state index in [1.165, 1.54) is 0 Å². The van der Waals surface area contributed by atoms with Gasteiger partial charge in [-0.3, -0.25) is 0 Å². The lowest BCUT2D eigenvalue weighted by Crippen LogP contribution is -2.49. The minimum atomic E-state index is 0.434. The number of nitrogens with zero attached hydrogens (tertiary/aromatic N) is 2. The van der Waals surface area contributed by atoms with E-state index in [1.807, 2.05) is 12.1 Å². The van der Waals surface area contributed by atoms with Crippen LogP contribution >= 0.6 is 22.9 Å². The molecule has 3 heterocycles. The molecule has 0 bridgehead atoms. The smallest absolute Gasteiger partial charge is 0.298 e. The molecule has 114 valence electrons. The molecular formula is C16H16ClN3OS. The molecule has 0 saturated carbocycles. The standard InChI is InChI=1S/C16H16ClN3OS/c1-10-8-20(4-3-18-10)16-19-14-7-12(17)6-13(15(14)21-16)11-2-5-22-9-11/h2,5-7,9-10,18H,3-4,8H2,1H3. The third-order valence-electron chi connectivity index (χ3n) is 3.92. The van der Waals surface area contributed by atoms with Crippen molar-refractivity contribution in [1.29, 1.82) is 0 Å². The molecule has 0 amide bonds. The van der Waals surface area contributed by atoms with Crippen LogP contribution in [0.2, 0.25) is 5.02 Å². The second-order valence-electron chi connectivity index (χ2n) is 5.61. The molecule has 4 nitrogen and oxygen atoms in total. The van der Waals surface area contributed by atoms with E-state index in [0.717, 1.165) is 41.9 Å². The van der Waals surface area contributed by atoms with Crippen LogP contribution < -0.4 is 10.2 Å². The number of fused-ring (bicyclic) bond motifs is 1. The summed E-state index contributed by atoms with van der Waals surface area (Å²) in [4.78, 5) is 6.84. The maximum absolute atomic E-state index is 6.26. The van der Waals surface area contributed by atoms with E-state index < -0.39 is 0 Å². The molecule has 1 aliphatic heterocycles. The average Bonchev–Trinajstić information content (AvgIpc) is 3.15. The number of halogens is 1. The van der Waals surface area contributed by atoms with Crippen LogP contribution in [-0.4, -0.2) is 30.7 Å². The zero-order valence-electron chi connectivity index (χ0n) is 12.2. The van der Waals surface area contributed by atoms with Crippen LogP contribution in [-0.2, 0) is 0 Å². The first-order valence-electron chi connectivity index (χ1n) is 7.32. The summed E-state index contributed by atoms with van der Waals surface area (Å²) in [7, 11) is 0. The zero-order chi connectivity index (χ0) is 15.1. The number of anilines is 1. The summed E-state index contributed by atoms with van der Waals surface area (Å²) in [6.07, 6.45) is 0. The van der Waals surface area contributed by atoms with Gasteiger partial charge < -0.3 is 14.6 Å². The van der Waals surface area contributed by atoms with E-state index in [1.54, 1.807) is 11.3 Å². The topological polar surface area (TPSA) is 41.3 Å². The van der Waals surface area contributed by atoms with Gasteiger partial charge in [-0.25, -0.2) is 0 Å². The highest BCUT2D eigenvalue weighted by Gasteiger charge is 2.22. The maximum Gasteiger partial charge on any atom is 0.298 e. The summed E-state index contributed by atoms with van der Waals surface area (Å²) in [5.41, 5.74) is 3.75. The molecule has 1 atom stereocenters. The number of hydrogen-bond acceptors (Lipinski definition) is 5. The molecule has 6 heteroatoms. The van der Waals surface area contributed by atoms with Crippen molar-refractivity contribution >= 4 is 40.1 Å². The van der Waals surface area contributed by atoms with Crippen LogP contribution in [0.5, 0.6) is 0 Å². The summed E-state index contributed by atoms with van der Waals surface area (Å²) in [5.74, 6) is 0. The molecule has 1 unspecified atom stereocenters. The molecule has 1 N–H and O–H groups in total. The minimum Gasteiger partial charge on any atom is -0.423 e. The van der Waals surface area contributed by atoms with Gasteiger partial charge in [-0.2, -0.15) is 16.3 Å². The summed E-state index contributed by atoms with van der Waals surface area (Å²) < 4.78 is 6.10. The van der Waals surface area contributed by atoms with Gasteiger partial charge in [0.1, 0.15) is 5.52 Å². The number of aromatic nitrogens is 1. The fourth-order valence-electron chi connectivity index (χ4n) is 2.86. The molecule has 2 aromatic heterocycles. The molecule has 0 radical (unpaired) electrons. The fraction of sp³-hybridized carbons (Fsp3) is 0.312. The van der Waals surface area contributed by atoms with E-state index in [9.17, 15) is 0 Å². The normalized spacial score (nSPS) is 19.0. The van der Waals surface area contributed by atoms with E-state index in [0.29, 0.717) is 17.1 Å². The Balaban J connectivity index is 1.81. The van der Waals surface area contributed by atoms with Crippen LogP contribution in [0.15, 0.2) is 33.4 Å². The Morgan fingerprint density at radius 1 is 1.45 bits per heavy atom. The van der Waals surface area contributed by atoms with Crippen molar-refractivity contribution in [2.75, 3.05) is 24.5 Å². The van der Waals surface area contributed by atoms with Crippen molar-refractivity contribution in [3.8, 4) is 11.1 Å². The summed E-state index contributed by atoms with van der Waals surface area (Å²) in [6.45, 7) is 4.91. The van der Waals surface area contributed by atoms with Crippen molar-refractivity contribution in [1.82, 2.24) is 10.3 Å². The molecule has 1 aromatic carbocycles. The molecular weight excluding hydrogens is 318 g/mol. The van der Waals surface area contributed by atoms with Gasteiger partial charge in [0.15, 0.2) is 5.58 Å². The molecule has 22 heavy (non-hydrogen) atoms. The Labute approximate surface area is 137 Å². The monoisotopic (exact) mass is 333 g/mol. The second-order valence-corrected chi connectivity index (χ2v) is 6.83. The Hall–Kier alpha value is -1.56. The molecule has 1 saturated heterocycles. The molecule has 3 aromatic rings. The SMILES string of the molecule is CC1CN(c2nc3cc(Cl)cc(-c4ccsc4)c3o2)CCN1. The molecule has 1 aliphatic rings. The predicted molar refractivity (Wildman–Crippen MR) is 92.0 cm³/mol. The third-order valence-corrected chi connectivity index (χ3v) is 4.82. The lowest BCUT2D eigenvalue weighted by atomic mass is 10.1. The van der Waals surface area contributed by atoms with Crippen molar-refractivity contribution in [2.45, 2.75) is 13.0 Å². The lowest BCUT2D eigenvalue weighted by molar-refractivity contribution is 0.453. The first-order valence-corrected chi connectivity index (χ1v) is 8.64. The maximum atomic E-state index is 6.26. The van der Waals surface area contributed by atoms with Gasteiger partial charge in [-0.05, 0) is 41.4 Å². The fourth-order valence-corrected chi connectivity index (χ4v) is 3.73. The number of piperazine rings is 1. The molecule has 0 spiro atoms. The number of thiophene rings is 1. The van der Waals surface area contributed by atoms with Crippen molar-refractivity contribution in [3.63, 3.8) is 0 Å². The molecule has 1 fully saturated rings. The van der Waals surface area contributed by atoms with Crippen molar-refractivity contribution in [2.24, 2.45) is 0 Å². The average molecular weight is 334 g/mol. The van der Waals surface area contributed by atoms with Crippen molar-refractivity contribution in [3.05, 3.63) is 34.0 Å². The summed E-state index contributed by atoms with van der Waals surface area (Å²) in [5, 5.41) is 8.26. The van der Waals surface area contributed by atoms with Crippen LogP contribution in [0.1, 0.15) is 6.92 Å². The van der Waals surface area contributed by atoms with Gasteiger partial charge in [0, 0.05) is 36.3 Å². The summed E-state index contributed by atoms with van der Waals surface area (Å²) >= 11 is 7.92. The highest BCUT2D eigenvalue weighted by atomic mass is 35.5. The van der Waals surface area contributed by atoms with Crippen LogP contribution in [0.25, 0.3) is 22.2 Å². The van der Waals surface area contributed by atoms with Crippen LogP contribution in [0.3, 0.4) is 0 Å². The van der Waals surface area contributed by atoms with E-state index in [2.05, 4.69) is 39.0 Å². The van der Waals surface area contributed by atoms with E-state index >= 15 is 0 Å². The van der Waals surface area contributed by atoms with E-state index in [-0.39, 0.29) is 0 Å². The Morgan fingerprint density at radius 3 is 3.14 bits per heavy atom. The zero-order valence-corrected chi connectivity index (χ0v) is 13.7. The Bertz CT molecular complexity index is 799. The van der Waals surface area contributed by atoms with Gasteiger partial charge in [-0.15, -0.1) is 0 Å². The van der Waals surface area contributed by atoms with Crippen LogP contribution in [0, 0.1) is 0 Å². The largest absolute Gasteiger partial charge is 0.423 e. The Morgan fingerprint density at radius 2 is 2.36 bits per heavy atom. The van der Waals surface area contributed by atoms with E-state index in [4.69, 9.17) is 16.0 Å². The van der Waals surface area contributed by atoms with Gasteiger partial charge in [-0.1, -0.05) is 11.6 Å². The number of rotatable bonds is 2. The summed E-state index contributed by atoms with van der Waals surface area (Å²) in [6, 6.07) is 7.00. The van der Waals surface area contributed by atoms with Crippen molar-refractivity contribution < 1.29 is 4.42 Å². The highest BCUT2D eigenvalue weighted by molar-refractivity contribution is 7.08. The number of benzene rings is 1. The Kier molecular flexibility index (Phi) is 3.56. The van der Waals surface area contributed by atoms with Crippen LogP contribution in [0.4, 0.5) is 6.01 Å². The molecule has 0 aliphatic carbocycles.